The van der Waals surface area contributed by atoms with E-state index in [4.69, 9.17) is 4.98 Å². The summed E-state index contributed by atoms with van der Waals surface area (Å²) in [5.41, 5.74) is 7.24. The van der Waals surface area contributed by atoms with E-state index in [0.717, 1.165) is 46.0 Å². The molecular weight excluding hydrogens is 460 g/mol. The minimum Gasteiger partial charge on any atom is -0.478 e. The van der Waals surface area contributed by atoms with Gasteiger partial charge in [0.15, 0.2) is 5.16 Å². The summed E-state index contributed by atoms with van der Waals surface area (Å²) in [6.07, 6.45) is 1.80. The minimum absolute atomic E-state index is 0.0334. The maximum atomic E-state index is 12.1. The zero-order chi connectivity index (χ0) is 23.9. The van der Waals surface area contributed by atoms with E-state index in [0.29, 0.717) is 11.3 Å². The zero-order valence-corrected chi connectivity index (χ0v) is 19.8. The Morgan fingerprint density at radius 3 is 2.77 bits per heavy atom. The van der Waals surface area contributed by atoms with Gasteiger partial charge in [0, 0.05) is 5.56 Å². The Kier molecular flexibility index (Phi) is 5.33. The Bertz CT molecular complexity index is 1560. The summed E-state index contributed by atoms with van der Waals surface area (Å²) >= 11 is 1.65. The van der Waals surface area contributed by atoms with Crippen molar-refractivity contribution in [1.29, 1.82) is 0 Å². The van der Waals surface area contributed by atoms with Gasteiger partial charge in [-0.05, 0) is 58.2 Å². The summed E-state index contributed by atoms with van der Waals surface area (Å²) in [4.78, 5) is 16.9. The number of aromatic amines is 1. The van der Waals surface area contributed by atoms with E-state index in [1.807, 2.05) is 24.3 Å². The molecule has 1 atom stereocenters. The second kappa shape index (κ2) is 8.66. The highest BCUT2D eigenvalue weighted by Gasteiger charge is 2.30. The standard InChI is InChI=1S/C26H22N6O2S/c1-2-35-26-27-21-9-5-8-20(25(33)34)23(21)32(26)22-13-11-16-14-15(10-12-18(16)22)17-6-3-4-7-19(17)24-28-30-31-29-24/h3-10,12,14,22H,2,11,13H2,1H3,(H,33,34)(H,28,29,30,31). The van der Waals surface area contributed by atoms with E-state index in [9.17, 15) is 9.90 Å². The molecule has 0 saturated carbocycles. The molecule has 1 aliphatic carbocycles. The fourth-order valence-electron chi connectivity index (χ4n) is 5.06. The summed E-state index contributed by atoms with van der Waals surface area (Å²) in [6, 6.07) is 19.9. The number of aryl methyl sites for hydroxylation is 1. The Morgan fingerprint density at radius 1 is 1.14 bits per heavy atom. The first kappa shape index (κ1) is 21.5. The molecule has 5 aromatic rings. The first-order chi connectivity index (χ1) is 17.2. The maximum absolute atomic E-state index is 12.1. The third-order valence-corrected chi connectivity index (χ3v) is 7.34. The van der Waals surface area contributed by atoms with Crippen LogP contribution in [0.15, 0.2) is 65.8 Å². The summed E-state index contributed by atoms with van der Waals surface area (Å²) in [5.74, 6) is 0.486. The predicted molar refractivity (Wildman–Crippen MR) is 135 cm³/mol. The summed E-state index contributed by atoms with van der Waals surface area (Å²) in [7, 11) is 0. The third kappa shape index (κ3) is 3.59. The molecule has 6 rings (SSSR count). The normalized spacial score (nSPS) is 14.9. The molecule has 8 nitrogen and oxygen atoms in total. The topological polar surface area (TPSA) is 110 Å². The number of hydrogen-bond acceptors (Lipinski definition) is 6. The molecule has 0 saturated heterocycles. The van der Waals surface area contributed by atoms with Gasteiger partial charge in [0.1, 0.15) is 0 Å². The molecule has 3 aromatic carbocycles. The summed E-state index contributed by atoms with van der Waals surface area (Å²) < 4.78 is 2.14. The molecule has 0 bridgehead atoms. The van der Waals surface area contributed by atoms with Crippen LogP contribution >= 0.6 is 11.8 Å². The lowest BCUT2D eigenvalue weighted by molar-refractivity contribution is 0.0698. The van der Waals surface area contributed by atoms with E-state index >= 15 is 0 Å². The Balaban J connectivity index is 1.47. The molecule has 1 unspecified atom stereocenters. The molecular formula is C26H22N6O2S. The van der Waals surface area contributed by atoms with Crippen molar-refractivity contribution in [1.82, 2.24) is 30.2 Å². The quantitative estimate of drug-likeness (QED) is 0.319. The van der Waals surface area contributed by atoms with Crippen LogP contribution in [0.3, 0.4) is 0 Å². The minimum atomic E-state index is -0.934. The number of nitrogens with zero attached hydrogens (tertiary/aromatic N) is 5. The second-order valence-corrected chi connectivity index (χ2v) is 9.66. The van der Waals surface area contributed by atoms with Crippen molar-refractivity contribution in [3.8, 4) is 22.5 Å². The number of imidazole rings is 1. The SMILES string of the molecule is CCSc1nc2cccc(C(=O)O)c2n1C1CCc2cc(-c3ccccc3-c3nn[nH]n3)ccc21. The van der Waals surface area contributed by atoms with E-state index in [1.165, 1.54) is 11.1 Å². The Labute approximate surface area is 205 Å². The molecule has 0 fully saturated rings. The molecule has 1 aliphatic rings. The van der Waals surface area contributed by atoms with Gasteiger partial charge in [0.25, 0.3) is 0 Å². The van der Waals surface area contributed by atoms with Gasteiger partial charge < -0.3 is 9.67 Å². The number of carboxylic acid groups (broad SMARTS) is 1. The van der Waals surface area contributed by atoms with Crippen LogP contribution in [-0.4, -0.2) is 47.0 Å². The molecule has 9 heteroatoms. The highest BCUT2D eigenvalue weighted by Crippen LogP contribution is 2.42. The number of nitrogens with one attached hydrogen (secondary N) is 1. The first-order valence-electron chi connectivity index (χ1n) is 11.5. The first-order valence-corrected chi connectivity index (χ1v) is 12.5. The van der Waals surface area contributed by atoms with E-state index in [-0.39, 0.29) is 11.6 Å². The average Bonchev–Trinajstić information content (AvgIpc) is 3.62. The van der Waals surface area contributed by atoms with Crippen molar-refractivity contribution in [3.05, 3.63) is 77.4 Å². The molecule has 0 amide bonds. The number of carboxylic acids is 1. The largest absolute Gasteiger partial charge is 0.478 e. The van der Waals surface area contributed by atoms with Gasteiger partial charge in [0.05, 0.1) is 22.6 Å². The number of aromatic carboxylic acids is 1. The molecule has 0 aliphatic heterocycles. The predicted octanol–water partition coefficient (Wildman–Crippen LogP) is 5.23. The van der Waals surface area contributed by atoms with Crippen LogP contribution in [0.2, 0.25) is 0 Å². The van der Waals surface area contributed by atoms with Crippen LogP contribution in [0.25, 0.3) is 33.5 Å². The van der Waals surface area contributed by atoms with E-state index in [2.05, 4.69) is 56.4 Å². The smallest absolute Gasteiger partial charge is 0.337 e. The van der Waals surface area contributed by atoms with Crippen molar-refractivity contribution < 1.29 is 9.90 Å². The van der Waals surface area contributed by atoms with E-state index < -0.39 is 5.97 Å². The van der Waals surface area contributed by atoms with Crippen molar-refractivity contribution in [3.63, 3.8) is 0 Å². The van der Waals surface area contributed by atoms with Gasteiger partial charge in [0.2, 0.25) is 5.82 Å². The average molecular weight is 483 g/mol. The molecule has 35 heavy (non-hydrogen) atoms. The maximum Gasteiger partial charge on any atom is 0.337 e. The van der Waals surface area contributed by atoms with E-state index in [1.54, 1.807) is 23.9 Å². The molecule has 2 N–H and O–H groups in total. The number of H-pyrrole nitrogens is 1. The molecule has 0 radical (unpaired) electrons. The lowest BCUT2D eigenvalue weighted by Crippen LogP contribution is -2.11. The highest BCUT2D eigenvalue weighted by molar-refractivity contribution is 7.99. The van der Waals surface area contributed by atoms with Crippen molar-refractivity contribution in [2.75, 3.05) is 5.75 Å². The van der Waals surface area contributed by atoms with Crippen molar-refractivity contribution in [2.45, 2.75) is 31.0 Å². The van der Waals surface area contributed by atoms with Gasteiger partial charge >= 0.3 is 5.97 Å². The fraction of sp³-hybridized carbons (Fsp3) is 0.192. The Hall–Kier alpha value is -3.98. The monoisotopic (exact) mass is 482 g/mol. The zero-order valence-electron chi connectivity index (χ0n) is 19.0. The number of rotatable bonds is 6. The van der Waals surface area contributed by atoms with Crippen LogP contribution in [0.5, 0.6) is 0 Å². The van der Waals surface area contributed by atoms with Crippen LogP contribution in [0, 0.1) is 0 Å². The lowest BCUT2D eigenvalue weighted by atomic mass is 9.96. The van der Waals surface area contributed by atoms with Gasteiger partial charge in [-0.1, -0.05) is 67.2 Å². The highest BCUT2D eigenvalue weighted by atomic mass is 32.2. The van der Waals surface area contributed by atoms with Gasteiger partial charge in [-0.2, -0.15) is 5.21 Å². The summed E-state index contributed by atoms with van der Waals surface area (Å²) in [5, 5.41) is 25.3. The number of para-hydroxylation sites is 1. The number of carbonyl (C=O) groups is 1. The number of benzene rings is 3. The van der Waals surface area contributed by atoms with Gasteiger partial charge in [-0.15, -0.1) is 10.2 Å². The number of thioether (sulfide) groups is 1. The summed E-state index contributed by atoms with van der Waals surface area (Å²) in [6.45, 7) is 2.09. The second-order valence-electron chi connectivity index (χ2n) is 8.42. The number of fused-ring (bicyclic) bond motifs is 2. The van der Waals surface area contributed by atoms with Crippen LogP contribution in [-0.2, 0) is 6.42 Å². The number of aromatic nitrogens is 6. The van der Waals surface area contributed by atoms with Crippen LogP contribution in [0.4, 0.5) is 0 Å². The van der Waals surface area contributed by atoms with Crippen molar-refractivity contribution >= 4 is 28.8 Å². The Morgan fingerprint density at radius 2 is 2.00 bits per heavy atom. The molecule has 0 spiro atoms. The van der Waals surface area contributed by atoms with Gasteiger partial charge in [-0.25, -0.2) is 9.78 Å². The molecule has 2 aromatic heterocycles. The van der Waals surface area contributed by atoms with Gasteiger partial charge in [-0.3, -0.25) is 0 Å². The van der Waals surface area contributed by atoms with Crippen molar-refractivity contribution in [2.24, 2.45) is 0 Å². The molecule has 2 heterocycles. The lowest BCUT2D eigenvalue weighted by Gasteiger charge is -2.19. The van der Waals surface area contributed by atoms with Crippen LogP contribution < -0.4 is 0 Å². The van der Waals surface area contributed by atoms with Crippen LogP contribution in [0.1, 0.15) is 40.9 Å². The fourth-order valence-corrected chi connectivity index (χ4v) is 5.84. The number of hydrogen-bond donors (Lipinski definition) is 2. The third-order valence-electron chi connectivity index (χ3n) is 6.51. The number of tetrazole rings is 1. The molecule has 174 valence electrons.